The molecule has 2 aliphatic heterocycles. The second kappa shape index (κ2) is 5.17. The summed E-state index contributed by atoms with van der Waals surface area (Å²) in [5, 5.41) is 2.80. The van der Waals surface area contributed by atoms with Gasteiger partial charge in [-0.05, 0) is 18.9 Å². The molecule has 2 rings (SSSR count). The van der Waals surface area contributed by atoms with Gasteiger partial charge in [0, 0.05) is 18.9 Å². The highest BCUT2D eigenvalue weighted by Crippen LogP contribution is 2.28. The lowest BCUT2D eigenvalue weighted by molar-refractivity contribution is -0.121. The van der Waals surface area contributed by atoms with E-state index in [1.807, 2.05) is 5.48 Å². The zero-order valence-electron chi connectivity index (χ0n) is 9.72. The van der Waals surface area contributed by atoms with Crippen LogP contribution in [0.2, 0.25) is 0 Å². The van der Waals surface area contributed by atoms with Crippen LogP contribution in [0.1, 0.15) is 32.1 Å². The average Bonchev–Trinajstić information content (AvgIpc) is 2.63. The number of alkyl halides is 3. The summed E-state index contributed by atoms with van der Waals surface area (Å²) in [6, 6.07) is -0.115. The van der Waals surface area contributed by atoms with Crippen LogP contribution in [0, 0.1) is 0 Å². The first-order valence-electron chi connectivity index (χ1n) is 5.95. The van der Waals surface area contributed by atoms with Crippen LogP contribution in [0.5, 0.6) is 0 Å². The Morgan fingerprint density at radius 1 is 1.39 bits per heavy atom. The summed E-state index contributed by atoms with van der Waals surface area (Å²) in [5.74, 6) is -0.0384. The second-order valence-corrected chi connectivity index (χ2v) is 4.58. The number of carbonyl (C=O) groups excluding carboxylic acids is 1. The zero-order chi connectivity index (χ0) is 13.2. The summed E-state index contributed by atoms with van der Waals surface area (Å²) in [6.07, 6.45) is -0.679. The molecular weight excluding hydrogens is 249 g/mol. The first kappa shape index (κ1) is 13.2. The molecule has 1 fully saturated rings. The Morgan fingerprint density at radius 2 is 2.17 bits per heavy atom. The molecule has 0 aliphatic carbocycles. The molecule has 2 aliphatic rings. The summed E-state index contributed by atoms with van der Waals surface area (Å²) in [6.45, 7) is 0. The van der Waals surface area contributed by atoms with E-state index in [0.717, 1.165) is 25.3 Å². The van der Waals surface area contributed by atoms with Crippen molar-refractivity contribution in [3.8, 4) is 0 Å². The number of halogens is 3. The number of nitrogens with one attached hydrogen (secondary N) is 2. The zero-order valence-corrected chi connectivity index (χ0v) is 9.72. The van der Waals surface area contributed by atoms with Crippen LogP contribution >= 0.6 is 0 Å². The van der Waals surface area contributed by atoms with Crippen molar-refractivity contribution in [2.45, 2.75) is 50.4 Å². The predicted octanol–water partition coefficient (Wildman–Crippen LogP) is 1.78. The summed E-state index contributed by atoms with van der Waals surface area (Å²) in [7, 11) is 0. The van der Waals surface area contributed by atoms with Gasteiger partial charge in [0.1, 0.15) is 11.8 Å². The van der Waals surface area contributed by atoms with Crippen molar-refractivity contribution in [3.05, 3.63) is 11.8 Å². The summed E-state index contributed by atoms with van der Waals surface area (Å²) in [4.78, 5) is 16.2. The molecule has 4 nitrogen and oxygen atoms in total. The first-order valence-corrected chi connectivity index (χ1v) is 5.95. The monoisotopic (exact) mass is 264 g/mol. The number of hydrogen-bond donors (Lipinski definition) is 2. The number of amides is 1. The van der Waals surface area contributed by atoms with E-state index in [1.54, 1.807) is 0 Å². The number of carbonyl (C=O) groups is 1. The lowest BCUT2D eigenvalue weighted by atomic mass is 10.0. The van der Waals surface area contributed by atoms with Crippen LogP contribution < -0.4 is 10.8 Å². The van der Waals surface area contributed by atoms with E-state index in [4.69, 9.17) is 4.84 Å². The summed E-state index contributed by atoms with van der Waals surface area (Å²) >= 11 is 0. The van der Waals surface area contributed by atoms with Crippen LogP contribution in [0.3, 0.4) is 0 Å². The Hall–Kier alpha value is -1.24. The van der Waals surface area contributed by atoms with Crippen LogP contribution in [0.15, 0.2) is 11.8 Å². The molecule has 0 radical (unpaired) electrons. The smallest absolute Gasteiger partial charge is 0.353 e. The average molecular weight is 264 g/mol. The molecular formula is C11H15F3N2O2. The molecule has 2 unspecified atom stereocenters. The van der Waals surface area contributed by atoms with E-state index in [-0.39, 0.29) is 11.9 Å². The third-order valence-electron chi connectivity index (χ3n) is 3.07. The Balaban J connectivity index is 1.90. The highest BCUT2D eigenvalue weighted by molar-refractivity contribution is 5.76. The van der Waals surface area contributed by atoms with E-state index < -0.39 is 18.0 Å². The van der Waals surface area contributed by atoms with Crippen molar-refractivity contribution in [1.82, 2.24) is 10.8 Å². The molecule has 0 aromatic rings. The maximum atomic E-state index is 12.4. The van der Waals surface area contributed by atoms with Gasteiger partial charge in [-0.3, -0.25) is 15.1 Å². The van der Waals surface area contributed by atoms with Crippen LogP contribution in [0.4, 0.5) is 13.2 Å². The minimum absolute atomic E-state index is 0.0384. The topological polar surface area (TPSA) is 50.4 Å². The van der Waals surface area contributed by atoms with Gasteiger partial charge in [0.05, 0.1) is 0 Å². The Morgan fingerprint density at radius 3 is 2.83 bits per heavy atom. The molecule has 0 bridgehead atoms. The highest BCUT2D eigenvalue weighted by atomic mass is 19.4. The Labute approximate surface area is 103 Å². The van der Waals surface area contributed by atoms with E-state index in [9.17, 15) is 18.0 Å². The fraction of sp³-hybridized carbons (Fsp3) is 0.727. The molecule has 18 heavy (non-hydrogen) atoms. The lowest BCUT2D eigenvalue weighted by Gasteiger charge is -2.18. The van der Waals surface area contributed by atoms with Crippen LogP contribution in [-0.4, -0.2) is 24.2 Å². The number of hydroxylamine groups is 1. The van der Waals surface area contributed by atoms with Crippen LogP contribution in [-0.2, 0) is 9.63 Å². The van der Waals surface area contributed by atoms with E-state index in [1.165, 1.54) is 0 Å². The maximum Gasteiger partial charge on any atom is 0.432 e. The SMILES string of the molecule is O=C1CCCCC(CC2C=C(C(F)(F)F)NO2)N1. The molecule has 0 saturated carbocycles. The third-order valence-corrected chi connectivity index (χ3v) is 3.07. The normalized spacial score (nSPS) is 29.3. The predicted molar refractivity (Wildman–Crippen MR) is 57.2 cm³/mol. The van der Waals surface area contributed by atoms with Gasteiger partial charge in [0.15, 0.2) is 0 Å². The second-order valence-electron chi connectivity index (χ2n) is 4.58. The van der Waals surface area contributed by atoms with Crippen molar-refractivity contribution in [3.63, 3.8) is 0 Å². The molecule has 102 valence electrons. The molecule has 7 heteroatoms. The van der Waals surface area contributed by atoms with Gasteiger partial charge in [-0.1, -0.05) is 6.42 Å². The van der Waals surface area contributed by atoms with Crippen LogP contribution in [0.25, 0.3) is 0 Å². The highest BCUT2D eigenvalue weighted by Gasteiger charge is 2.38. The minimum atomic E-state index is -4.42. The largest absolute Gasteiger partial charge is 0.432 e. The van der Waals surface area contributed by atoms with Crippen molar-refractivity contribution in [1.29, 1.82) is 0 Å². The number of rotatable bonds is 2. The number of hydrogen-bond acceptors (Lipinski definition) is 3. The van der Waals surface area contributed by atoms with Gasteiger partial charge < -0.3 is 5.32 Å². The van der Waals surface area contributed by atoms with Gasteiger partial charge in [0.25, 0.3) is 0 Å². The maximum absolute atomic E-state index is 12.4. The molecule has 0 aromatic heterocycles. The standard InChI is InChI=1S/C11H15F3N2O2/c12-11(13,14)9-6-8(18-16-9)5-7-3-1-2-4-10(17)15-7/h6-8,16H,1-5H2,(H,15,17). The lowest BCUT2D eigenvalue weighted by Crippen LogP contribution is -2.35. The fourth-order valence-corrected chi connectivity index (χ4v) is 2.17. The van der Waals surface area contributed by atoms with Crippen molar-refractivity contribution >= 4 is 5.91 Å². The fourth-order valence-electron chi connectivity index (χ4n) is 2.17. The number of allylic oxidation sites excluding steroid dienone is 1. The van der Waals surface area contributed by atoms with E-state index in [2.05, 4.69) is 5.32 Å². The molecule has 1 saturated heterocycles. The molecule has 2 N–H and O–H groups in total. The van der Waals surface area contributed by atoms with Crippen molar-refractivity contribution in [2.75, 3.05) is 0 Å². The molecule has 2 heterocycles. The first-order chi connectivity index (χ1) is 8.45. The van der Waals surface area contributed by atoms with Crippen molar-refractivity contribution < 1.29 is 22.8 Å². The van der Waals surface area contributed by atoms with Gasteiger partial charge in [-0.25, -0.2) is 0 Å². The third kappa shape index (κ3) is 3.38. The van der Waals surface area contributed by atoms with Gasteiger partial charge >= 0.3 is 6.18 Å². The van der Waals surface area contributed by atoms with E-state index in [0.29, 0.717) is 12.8 Å². The molecule has 1 amide bonds. The molecule has 2 atom stereocenters. The molecule has 0 spiro atoms. The Kier molecular flexibility index (Phi) is 3.79. The quantitative estimate of drug-likeness (QED) is 0.799. The van der Waals surface area contributed by atoms with Gasteiger partial charge in [-0.2, -0.15) is 13.2 Å². The summed E-state index contributed by atoms with van der Waals surface area (Å²) in [5.41, 5.74) is 1.02. The Bertz CT molecular complexity index is 355. The van der Waals surface area contributed by atoms with Gasteiger partial charge in [0.2, 0.25) is 5.91 Å². The summed E-state index contributed by atoms with van der Waals surface area (Å²) < 4.78 is 37.1. The van der Waals surface area contributed by atoms with Crippen molar-refractivity contribution in [2.24, 2.45) is 0 Å². The minimum Gasteiger partial charge on any atom is -0.353 e. The van der Waals surface area contributed by atoms with E-state index >= 15 is 0 Å². The molecule has 0 aromatic carbocycles. The van der Waals surface area contributed by atoms with Gasteiger partial charge in [-0.15, -0.1) is 0 Å².